The van der Waals surface area contributed by atoms with Gasteiger partial charge in [0, 0.05) is 24.3 Å². The van der Waals surface area contributed by atoms with Gasteiger partial charge >= 0.3 is 0 Å². The Balaban J connectivity index is 2.43. The monoisotopic (exact) mass is 368 g/mol. The molecule has 0 heterocycles. The summed E-state index contributed by atoms with van der Waals surface area (Å²) in [6, 6.07) is 3.91. The Hall–Kier alpha value is -2.90. The summed E-state index contributed by atoms with van der Waals surface area (Å²) >= 11 is 0. The second kappa shape index (κ2) is 7.99. The molecular weight excluding hydrogens is 352 g/mol. The normalized spacial score (nSPS) is 12.3. The summed E-state index contributed by atoms with van der Waals surface area (Å²) in [5.41, 5.74) is -0.924. The number of halogens is 4. The van der Waals surface area contributed by atoms with Gasteiger partial charge in [-0.1, -0.05) is 0 Å². The SMILES string of the molecule is COc1cc(F)c(N=C(C)C(C)=Nc2c(F)cc(OC)cc2F)c(F)c1. The zero-order valence-electron chi connectivity index (χ0n) is 14.5. The molecule has 0 saturated carbocycles. The molecule has 0 radical (unpaired) electrons. The lowest BCUT2D eigenvalue weighted by molar-refractivity contribution is 0.407. The van der Waals surface area contributed by atoms with Crippen molar-refractivity contribution < 1.29 is 27.0 Å². The first-order valence-corrected chi connectivity index (χ1v) is 7.43. The fourth-order valence-corrected chi connectivity index (χ4v) is 2.03. The fourth-order valence-electron chi connectivity index (χ4n) is 2.03. The molecule has 26 heavy (non-hydrogen) atoms. The zero-order valence-corrected chi connectivity index (χ0v) is 14.5. The predicted octanol–water partition coefficient (Wildman–Crippen LogP) is 5.15. The Bertz CT molecular complexity index is 775. The predicted molar refractivity (Wildman–Crippen MR) is 91.4 cm³/mol. The fraction of sp³-hybridized carbons (Fsp3) is 0.222. The lowest BCUT2D eigenvalue weighted by Gasteiger charge is -2.07. The van der Waals surface area contributed by atoms with Gasteiger partial charge in [-0.05, 0) is 13.8 Å². The molecule has 0 atom stereocenters. The summed E-state index contributed by atoms with van der Waals surface area (Å²) in [6.07, 6.45) is 0. The number of nitrogens with zero attached hydrogens (tertiary/aromatic N) is 2. The van der Waals surface area contributed by atoms with Crippen LogP contribution in [0.3, 0.4) is 0 Å². The summed E-state index contributed by atoms with van der Waals surface area (Å²) in [4.78, 5) is 7.67. The number of aliphatic imine (C=N–C) groups is 2. The lowest BCUT2D eigenvalue weighted by Crippen LogP contribution is -2.06. The van der Waals surface area contributed by atoms with E-state index in [2.05, 4.69) is 9.98 Å². The number of methoxy groups -OCH3 is 2. The Morgan fingerprint density at radius 3 is 1.15 bits per heavy atom. The number of benzene rings is 2. The van der Waals surface area contributed by atoms with E-state index in [1.54, 1.807) is 0 Å². The minimum Gasteiger partial charge on any atom is -0.497 e. The van der Waals surface area contributed by atoms with Gasteiger partial charge in [0.05, 0.1) is 25.6 Å². The molecule has 0 unspecified atom stereocenters. The quantitative estimate of drug-likeness (QED) is 0.541. The summed E-state index contributed by atoms with van der Waals surface area (Å²) < 4.78 is 65.4. The topological polar surface area (TPSA) is 43.2 Å². The van der Waals surface area contributed by atoms with Gasteiger partial charge in [0.2, 0.25) is 0 Å². The van der Waals surface area contributed by atoms with Crippen molar-refractivity contribution in [3.63, 3.8) is 0 Å². The maximum Gasteiger partial charge on any atom is 0.155 e. The average molecular weight is 368 g/mol. The first-order chi connectivity index (χ1) is 12.3. The van der Waals surface area contributed by atoms with Crippen LogP contribution in [0.1, 0.15) is 13.8 Å². The van der Waals surface area contributed by atoms with Crippen LogP contribution in [0.4, 0.5) is 28.9 Å². The van der Waals surface area contributed by atoms with Crippen molar-refractivity contribution in [2.45, 2.75) is 13.8 Å². The third kappa shape index (κ3) is 4.19. The number of ether oxygens (including phenoxy) is 2. The van der Waals surface area contributed by atoms with Crippen LogP contribution < -0.4 is 9.47 Å². The summed E-state index contributed by atoms with van der Waals surface area (Å²) in [5.74, 6) is -3.73. The van der Waals surface area contributed by atoms with E-state index in [0.717, 1.165) is 24.3 Å². The highest BCUT2D eigenvalue weighted by Crippen LogP contribution is 2.29. The Morgan fingerprint density at radius 2 is 0.923 bits per heavy atom. The first-order valence-electron chi connectivity index (χ1n) is 7.43. The molecule has 0 aliphatic rings. The van der Waals surface area contributed by atoms with Crippen LogP contribution >= 0.6 is 0 Å². The maximum absolute atomic E-state index is 14.0. The Labute approximate surface area is 147 Å². The van der Waals surface area contributed by atoms with Crippen molar-refractivity contribution in [1.82, 2.24) is 0 Å². The lowest BCUT2D eigenvalue weighted by atomic mass is 10.2. The molecular formula is C18H16F4N2O2. The highest BCUT2D eigenvalue weighted by Gasteiger charge is 2.14. The van der Waals surface area contributed by atoms with E-state index < -0.39 is 34.6 Å². The third-order valence-corrected chi connectivity index (χ3v) is 3.53. The molecule has 0 aromatic heterocycles. The highest BCUT2D eigenvalue weighted by atomic mass is 19.1. The smallest absolute Gasteiger partial charge is 0.155 e. The van der Waals surface area contributed by atoms with Crippen molar-refractivity contribution >= 4 is 22.8 Å². The van der Waals surface area contributed by atoms with Crippen LogP contribution in [0.5, 0.6) is 11.5 Å². The van der Waals surface area contributed by atoms with Crippen molar-refractivity contribution in [2.75, 3.05) is 14.2 Å². The van der Waals surface area contributed by atoms with E-state index in [4.69, 9.17) is 9.47 Å². The molecule has 0 spiro atoms. The van der Waals surface area contributed by atoms with E-state index in [0.29, 0.717) is 0 Å². The van der Waals surface area contributed by atoms with Gasteiger partial charge in [-0.2, -0.15) is 0 Å². The minimum atomic E-state index is -0.934. The van der Waals surface area contributed by atoms with Gasteiger partial charge in [0.15, 0.2) is 23.3 Å². The summed E-state index contributed by atoms with van der Waals surface area (Å²) in [5, 5.41) is 0. The number of rotatable bonds is 5. The van der Waals surface area contributed by atoms with Crippen molar-refractivity contribution in [2.24, 2.45) is 9.98 Å². The summed E-state index contributed by atoms with van der Waals surface area (Å²) in [7, 11) is 2.55. The Morgan fingerprint density at radius 1 is 0.654 bits per heavy atom. The third-order valence-electron chi connectivity index (χ3n) is 3.53. The van der Waals surface area contributed by atoms with E-state index in [1.807, 2.05) is 0 Å². The average Bonchev–Trinajstić information content (AvgIpc) is 2.60. The molecule has 2 rings (SSSR count). The molecule has 0 amide bonds. The second-order valence-electron chi connectivity index (χ2n) is 5.27. The molecule has 8 heteroatoms. The molecule has 0 bridgehead atoms. The standard InChI is InChI=1S/C18H16F4N2O2/c1-9(23-17-13(19)5-11(25-3)6-14(17)20)10(2)24-18-15(21)7-12(26-4)8-16(18)22/h5-8H,1-4H3. The molecule has 0 fully saturated rings. The molecule has 0 aliphatic carbocycles. The van der Waals surface area contributed by atoms with Gasteiger partial charge in [0.25, 0.3) is 0 Å². The van der Waals surface area contributed by atoms with Gasteiger partial charge in [-0.3, -0.25) is 0 Å². The van der Waals surface area contributed by atoms with Crippen LogP contribution in [0.2, 0.25) is 0 Å². The van der Waals surface area contributed by atoms with E-state index in [-0.39, 0.29) is 22.9 Å². The van der Waals surface area contributed by atoms with Crippen LogP contribution in [0, 0.1) is 23.3 Å². The maximum atomic E-state index is 14.0. The Kier molecular flexibility index (Phi) is 5.97. The van der Waals surface area contributed by atoms with E-state index >= 15 is 0 Å². The van der Waals surface area contributed by atoms with Gasteiger partial charge < -0.3 is 9.47 Å². The molecule has 2 aromatic carbocycles. The van der Waals surface area contributed by atoms with E-state index in [1.165, 1.54) is 28.1 Å². The van der Waals surface area contributed by atoms with Crippen LogP contribution in [-0.2, 0) is 0 Å². The first kappa shape index (κ1) is 19.4. The largest absolute Gasteiger partial charge is 0.497 e. The second-order valence-corrected chi connectivity index (χ2v) is 5.27. The molecule has 2 aromatic rings. The van der Waals surface area contributed by atoms with Gasteiger partial charge in [-0.25, -0.2) is 27.5 Å². The molecule has 0 N–H and O–H groups in total. The molecule has 0 saturated heterocycles. The van der Waals surface area contributed by atoms with Crippen molar-refractivity contribution in [3.05, 3.63) is 47.5 Å². The minimum absolute atomic E-state index is 0.00404. The van der Waals surface area contributed by atoms with Crippen LogP contribution in [-0.4, -0.2) is 25.6 Å². The molecule has 138 valence electrons. The van der Waals surface area contributed by atoms with Crippen molar-refractivity contribution in [3.8, 4) is 11.5 Å². The number of hydrogen-bond acceptors (Lipinski definition) is 4. The zero-order chi connectivity index (χ0) is 19.4. The summed E-state index contributed by atoms with van der Waals surface area (Å²) in [6.45, 7) is 2.84. The van der Waals surface area contributed by atoms with Crippen molar-refractivity contribution in [1.29, 1.82) is 0 Å². The molecule has 4 nitrogen and oxygen atoms in total. The highest BCUT2D eigenvalue weighted by molar-refractivity contribution is 6.41. The van der Waals surface area contributed by atoms with Crippen LogP contribution in [0.15, 0.2) is 34.3 Å². The van der Waals surface area contributed by atoms with Crippen LogP contribution in [0.25, 0.3) is 0 Å². The van der Waals surface area contributed by atoms with Gasteiger partial charge in [-0.15, -0.1) is 0 Å². The number of hydrogen-bond donors (Lipinski definition) is 0. The van der Waals surface area contributed by atoms with E-state index in [9.17, 15) is 17.6 Å². The molecule has 0 aliphatic heterocycles. The van der Waals surface area contributed by atoms with Gasteiger partial charge in [0.1, 0.15) is 22.9 Å².